The Morgan fingerprint density at radius 1 is 0.790 bits per heavy atom. The highest BCUT2D eigenvalue weighted by molar-refractivity contribution is 6.09. The zero-order chi connectivity index (χ0) is 44.7. The number of carbonyl (C=O) groups is 3. The number of ether oxygens (including phenoxy) is 4. The van der Waals surface area contributed by atoms with Crippen LogP contribution in [0.4, 0.5) is 26.3 Å². The van der Waals surface area contributed by atoms with E-state index < -0.39 is 89.7 Å². The number of phenols is 2. The van der Waals surface area contributed by atoms with Crippen LogP contribution in [0, 0.1) is 0 Å². The van der Waals surface area contributed by atoms with Crippen molar-refractivity contribution in [3.63, 3.8) is 0 Å². The molecule has 11 nitrogen and oxygen atoms in total. The monoisotopic (exact) mass is 872 g/mol. The van der Waals surface area contributed by atoms with Crippen molar-refractivity contribution in [3.8, 4) is 11.5 Å². The third-order valence-electron chi connectivity index (χ3n) is 11.9. The maximum absolute atomic E-state index is 13.9. The van der Waals surface area contributed by atoms with Crippen LogP contribution >= 0.6 is 0 Å². The number of halogens is 6. The lowest BCUT2D eigenvalue weighted by molar-refractivity contribution is -0.196. The van der Waals surface area contributed by atoms with Gasteiger partial charge in [0.2, 0.25) is 0 Å². The van der Waals surface area contributed by atoms with Gasteiger partial charge in [-0.15, -0.1) is 0 Å². The normalized spacial score (nSPS) is 26.8. The molecule has 4 N–H and O–H groups in total. The Morgan fingerprint density at radius 2 is 1.39 bits per heavy atom. The Morgan fingerprint density at radius 3 is 2.00 bits per heavy atom. The number of aryl methyl sites for hydroxylation is 1. The smallest absolute Gasteiger partial charge is 0.471 e. The van der Waals surface area contributed by atoms with Crippen LogP contribution in [-0.2, 0) is 48.2 Å². The molecule has 332 valence electrons. The highest BCUT2D eigenvalue weighted by Gasteiger charge is 2.52. The number of Topliss-reactive ketones (excluding diaryl/α,β-unsaturated/α-hetero) is 1. The molecular weight excluding hydrogens is 826 g/mol. The van der Waals surface area contributed by atoms with Crippen LogP contribution in [0.2, 0.25) is 0 Å². The van der Waals surface area contributed by atoms with E-state index in [9.17, 15) is 50.9 Å². The van der Waals surface area contributed by atoms with E-state index >= 15 is 0 Å². The van der Waals surface area contributed by atoms with Gasteiger partial charge in [0.05, 0.1) is 60.2 Å². The van der Waals surface area contributed by atoms with Crippen LogP contribution in [-0.4, -0.2) is 76.2 Å². The van der Waals surface area contributed by atoms with E-state index in [2.05, 4.69) is 5.32 Å². The fourth-order valence-electron chi connectivity index (χ4n) is 9.04. The van der Waals surface area contributed by atoms with E-state index in [1.165, 1.54) is 19.9 Å². The van der Waals surface area contributed by atoms with Crippen LogP contribution in [0.25, 0.3) is 10.8 Å². The summed E-state index contributed by atoms with van der Waals surface area (Å²) >= 11 is 0. The number of carbonyl (C=O) groups excluding carboxylic acids is 3. The average Bonchev–Trinajstić information content (AvgIpc) is 3.20. The van der Waals surface area contributed by atoms with Crippen LogP contribution in [0.3, 0.4) is 0 Å². The second kappa shape index (κ2) is 17.5. The van der Waals surface area contributed by atoms with Crippen LogP contribution < -0.4 is 10.6 Å². The number of ketones is 1. The fraction of sp³-hybridized carbons (Fsp3) is 0.444. The van der Waals surface area contributed by atoms with Crippen LogP contribution in [0.5, 0.6) is 11.5 Å². The Hall–Kier alpha value is -5.23. The van der Waals surface area contributed by atoms with Crippen molar-refractivity contribution < 1.29 is 69.9 Å². The largest absolute Gasteiger partial charge is 0.507 e. The predicted molar refractivity (Wildman–Crippen MR) is 211 cm³/mol. The summed E-state index contributed by atoms with van der Waals surface area (Å²) in [6.45, 7) is 4.40. The van der Waals surface area contributed by atoms with E-state index in [0.717, 1.165) is 0 Å². The molecule has 0 aromatic heterocycles. The molecule has 17 heteroatoms. The fourth-order valence-corrected chi connectivity index (χ4v) is 9.04. The van der Waals surface area contributed by atoms with Crippen molar-refractivity contribution in [2.75, 3.05) is 0 Å². The van der Waals surface area contributed by atoms with Gasteiger partial charge < -0.3 is 39.8 Å². The summed E-state index contributed by atoms with van der Waals surface area (Å²) in [4.78, 5) is 38.3. The first-order chi connectivity index (χ1) is 29.2. The average molecular weight is 873 g/mol. The maximum Gasteiger partial charge on any atom is 0.471 e. The number of nitrogens with one attached hydrogen (secondary N) is 2. The summed E-state index contributed by atoms with van der Waals surface area (Å²) in [6, 6.07) is 19.3. The zero-order valence-corrected chi connectivity index (χ0v) is 33.9. The number of phenolic OH excluding ortho intramolecular Hbond substituents is 2. The molecule has 0 spiro atoms. The second-order valence-electron chi connectivity index (χ2n) is 16.4. The minimum absolute atomic E-state index is 0.0284. The van der Waals surface area contributed by atoms with Crippen molar-refractivity contribution in [2.45, 2.75) is 127 Å². The third-order valence-corrected chi connectivity index (χ3v) is 11.9. The molecule has 2 amide bonds. The van der Waals surface area contributed by atoms with Gasteiger partial charge in [0, 0.05) is 24.8 Å². The van der Waals surface area contributed by atoms with E-state index in [1.54, 1.807) is 73.7 Å². The van der Waals surface area contributed by atoms with Crippen molar-refractivity contribution in [2.24, 2.45) is 0 Å². The summed E-state index contributed by atoms with van der Waals surface area (Å²) in [7, 11) is 0. The van der Waals surface area contributed by atoms with Gasteiger partial charge in [-0.05, 0) is 73.4 Å². The molecule has 0 radical (unpaired) electrons. The lowest BCUT2D eigenvalue weighted by Gasteiger charge is -2.48. The molecule has 0 bridgehead atoms. The highest BCUT2D eigenvalue weighted by Crippen LogP contribution is 2.51. The minimum Gasteiger partial charge on any atom is -0.507 e. The maximum atomic E-state index is 13.9. The summed E-state index contributed by atoms with van der Waals surface area (Å²) in [5.41, 5.74) is 0.197. The lowest BCUT2D eigenvalue weighted by atomic mass is 9.78. The Labute approximate surface area is 352 Å². The molecule has 7 rings (SSSR count). The Balaban J connectivity index is 1.33. The quantitative estimate of drug-likeness (QED) is 0.116. The van der Waals surface area contributed by atoms with Gasteiger partial charge in [-0.25, -0.2) is 0 Å². The van der Waals surface area contributed by atoms with Gasteiger partial charge in [-0.1, -0.05) is 60.7 Å². The molecule has 62 heavy (non-hydrogen) atoms. The summed E-state index contributed by atoms with van der Waals surface area (Å²) in [5, 5.41) is 28.1. The lowest BCUT2D eigenvalue weighted by Crippen LogP contribution is -2.64. The molecule has 2 fully saturated rings. The van der Waals surface area contributed by atoms with Gasteiger partial charge in [0.25, 0.3) is 0 Å². The van der Waals surface area contributed by atoms with Gasteiger partial charge in [-0.3, -0.25) is 14.4 Å². The number of aromatic hydroxyl groups is 2. The summed E-state index contributed by atoms with van der Waals surface area (Å²) < 4.78 is 108. The van der Waals surface area contributed by atoms with Crippen LogP contribution in [0.15, 0.2) is 72.8 Å². The molecule has 8 atom stereocenters. The first-order valence-corrected chi connectivity index (χ1v) is 20.2. The van der Waals surface area contributed by atoms with Crippen molar-refractivity contribution in [1.29, 1.82) is 0 Å². The number of hydrogen-bond acceptors (Lipinski definition) is 9. The highest BCUT2D eigenvalue weighted by atomic mass is 19.4. The molecule has 0 unspecified atom stereocenters. The standard InChI is InChI=1S/C45H46F6N2O9/c1-23-39(59-21-25-11-6-4-7-12-25)31(52-41(57)44(46,47)48)19-33(61-23)30-18-28(29-17-27-15-10-16-32(54)35(27)38(56)36(29)37(30)55)34-20-43(3,53-42(58)45(49,50)51)40(24(2)62-34)60-22-26-13-8-5-9-14-26/h4-9,11-14,17-18,23-24,31,33-34,39-40,55-56H,10,15-16,19-22H2,1-3H3,(H,52,57)(H,53,58)/t23-,24+,31-,33-,34+,39-,40-,43+/m1/s1. The number of fused-ring (bicyclic) bond motifs is 2. The van der Waals surface area contributed by atoms with E-state index in [-0.39, 0.29) is 59.9 Å². The second-order valence-corrected chi connectivity index (χ2v) is 16.4. The van der Waals surface area contributed by atoms with Crippen molar-refractivity contribution in [1.82, 2.24) is 10.6 Å². The van der Waals surface area contributed by atoms with Crippen molar-refractivity contribution in [3.05, 3.63) is 106 Å². The number of amides is 2. The molecule has 2 saturated heterocycles. The topological polar surface area (TPSA) is 153 Å². The third kappa shape index (κ3) is 9.26. The summed E-state index contributed by atoms with van der Waals surface area (Å²) in [6.07, 6.45) is -17.0. The first kappa shape index (κ1) is 44.8. The molecule has 0 saturated carbocycles. The van der Waals surface area contributed by atoms with E-state index in [0.29, 0.717) is 29.5 Å². The van der Waals surface area contributed by atoms with Crippen molar-refractivity contribution >= 4 is 28.4 Å². The molecule has 3 aliphatic rings. The van der Waals surface area contributed by atoms with E-state index in [1.807, 2.05) is 5.32 Å². The Kier molecular flexibility index (Phi) is 12.7. The number of hydrogen-bond donors (Lipinski definition) is 4. The molecule has 4 aromatic rings. The number of benzene rings is 4. The van der Waals surface area contributed by atoms with Gasteiger partial charge >= 0.3 is 24.2 Å². The number of alkyl halides is 6. The summed E-state index contributed by atoms with van der Waals surface area (Å²) in [5.74, 6) is -5.99. The van der Waals surface area contributed by atoms with Gasteiger partial charge in [0.15, 0.2) is 5.78 Å². The van der Waals surface area contributed by atoms with Crippen LogP contribution in [0.1, 0.15) is 96.8 Å². The number of rotatable bonds is 10. The minimum atomic E-state index is -5.27. The molecule has 2 heterocycles. The molecular formula is C45H46F6N2O9. The molecule has 4 aromatic carbocycles. The SMILES string of the molecule is C[C@@H]1O[C@H](c2cc([C@H]3C[C@@H](NC(=O)C(F)(F)F)[C@H](OCc4ccccc4)[C@@H](C)O3)c(O)c3c(O)c4c(cc23)CCCC4=O)C[C@](C)(NC(=O)C(F)(F)F)[C@@H]1OCc1ccccc1. The molecule has 1 aliphatic carbocycles. The van der Waals surface area contributed by atoms with Gasteiger partial charge in [-0.2, -0.15) is 26.3 Å². The zero-order valence-electron chi connectivity index (χ0n) is 33.9. The first-order valence-electron chi connectivity index (χ1n) is 20.2. The molecule has 2 aliphatic heterocycles. The van der Waals surface area contributed by atoms with Gasteiger partial charge in [0.1, 0.15) is 23.7 Å². The predicted octanol–water partition coefficient (Wildman–Crippen LogP) is 8.12. The van der Waals surface area contributed by atoms with E-state index in [4.69, 9.17) is 18.9 Å². The Bertz CT molecular complexity index is 2310.